The lowest BCUT2D eigenvalue weighted by Crippen LogP contribution is -3.14. The summed E-state index contributed by atoms with van der Waals surface area (Å²) in [4.78, 5) is 33.5. The second-order valence-electron chi connectivity index (χ2n) is 9.91. The number of Topliss-reactive ketones (excluding diaryl/α,β-unsaturated/α-hetero) is 1. The minimum atomic E-state index is -0.747. The number of carbonyl (C=O) groups excluding carboxylic acids is 2. The van der Waals surface area contributed by atoms with Gasteiger partial charge in [0.25, 0.3) is 5.91 Å². The van der Waals surface area contributed by atoms with Gasteiger partial charge in [-0.1, -0.05) is 31.7 Å². The largest absolute Gasteiger partial charge is 0.872 e. The highest BCUT2D eigenvalue weighted by molar-refractivity contribution is 6.46. The molecule has 2 aliphatic heterocycles. The number of hydrogen-bond donors (Lipinski definition) is 1. The van der Waals surface area contributed by atoms with Crippen molar-refractivity contribution in [2.75, 3.05) is 46.0 Å². The van der Waals surface area contributed by atoms with Crippen LogP contribution in [0.5, 0.6) is 5.75 Å². The first kappa shape index (κ1) is 25.9. The Kier molecular flexibility index (Phi) is 8.38. The van der Waals surface area contributed by atoms with E-state index in [0.717, 1.165) is 44.8 Å². The number of rotatable bonds is 9. The summed E-state index contributed by atoms with van der Waals surface area (Å²) < 4.78 is 11.3. The van der Waals surface area contributed by atoms with E-state index in [4.69, 9.17) is 9.47 Å². The van der Waals surface area contributed by atoms with Gasteiger partial charge in [-0.15, -0.1) is 0 Å². The summed E-state index contributed by atoms with van der Waals surface area (Å²) >= 11 is 0. The van der Waals surface area contributed by atoms with Crippen LogP contribution >= 0.6 is 0 Å². The number of carbonyl (C=O) groups is 2. The maximum Gasteiger partial charge on any atom is 0.295 e. The molecular formula is C28H35N3O5. The number of nitrogens with one attached hydrogen (secondary N) is 1. The van der Waals surface area contributed by atoms with E-state index >= 15 is 0 Å². The van der Waals surface area contributed by atoms with Crippen molar-refractivity contribution in [1.29, 1.82) is 0 Å². The zero-order chi connectivity index (χ0) is 25.7. The summed E-state index contributed by atoms with van der Waals surface area (Å²) in [5.74, 6) is -0.709. The van der Waals surface area contributed by atoms with E-state index < -0.39 is 23.5 Å². The Hall–Kier alpha value is -3.23. The van der Waals surface area contributed by atoms with Crippen molar-refractivity contribution >= 4 is 17.4 Å². The SMILES string of the molecule is Cc1cc(/C([O-])=C2\C(=O)C(=O)N(CCC[NH+]3CCOCC3)C2c2cccnc2)ccc1OCC(C)C. The minimum Gasteiger partial charge on any atom is -0.872 e. The lowest BCUT2D eigenvalue weighted by molar-refractivity contribution is -0.908. The molecule has 4 rings (SSSR count). The Morgan fingerprint density at radius 2 is 2.03 bits per heavy atom. The number of aryl methyl sites for hydroxylation is 1. The van der Waals surface area contributed by atoms with Gasteiger partial charge in [0.2, 0.25) is 5.78 Å². The predicted molar refractivity (Wildman–Crippen MR) is 133 cm³/mol. The maximum absolute atomic E-state index is 13.7. The van der Waals surface area contributed by atoms with Crippen molar-refractivity contribution in [3.8, 4) is 5.75 Å². The van der Waals surface area contributed by atoms with E-state index in [0.29, 0.717) is 35.9 Å². The second-order valence-corrected chi connectivity index (χ2v) is 9.91. The predicted octanol–water partition coefficient (Wildman–Crippen LogP) is 0.954. The molecule has 36 heavy (non-hydrogen) atoms. The topological polar surface area (TPSA) is 96.2 Å². The Balaban J connectivity index is 1.63. The lowest BCUT2D eigenvalue weighted by Gasteiger charge is -2.28. The van der Waals surface area contributed by atoms with Crippen LogP contribution < -0.4 is 14.7 Å². The summed E-state index contributed by atoms with van der Waals surface area (Å²) in [6.07, 6.45) is 3.99. The fraction of sp³-hybridized carbons (Fsp3) is 0.464. The van der Waals surface area contributed by atoms with Gasteiger partial charge in [0, 0.05) is 30.9 Å². The number of amides is 1. The molecule has 1 amide bonds. The zero-order valence-electron chi connectivity index (χ0n) is 21.3. The van der Waals surface area contributed by atoms with Crippen LogP contribution in [0.2, 0.25) is 0 Å². The molecule has 0 bridgehead atoms. The number of aromatic nitrogens is 1. The van der Waals surface area contributed by atoms with Gasteiger partial charge in [-0.3, -0.25) is 14.6 Å². The maximum atomic E-state index is 13.7. The van der Waals surface area contributed by atoms with E-state index in [-0.39, 0.29) is 5.57 Å². The van der Waals surface area contributed by atoms with Crippen molar-refractivity contribution in [2.45, 2.75) is 33.2 Å². The van der Waals surface area contributed by atoms with Crippen LogP contribution in [0, 0.1) is 12.8 Å². The summed E-state index contributed by atoms with van der Waals surface area (Å²) in [6.45, 7) is 11.2. The van der Waals surface area contributed by atoms with E-state index in [2.05, 4.69) is 18.8 Å². The number of likely N-dealkylation sites (tertiary alicyclic amines) is 1. The number of pyridine rings is 1. The number of quaternary nitrogens is 1. The van der Waals surface area contributed by atoms with E-state index in [1.165, 1.54) is 4.90 Å². The first-order valence-electron chi connectivity index (χ1n) is 12.7. The third kappa shape index (κ3) is 5.77. The highest BCUT2D eigenvalue weighted by Crippen LogP contribution is 2.38. The van der Waals surface area contributed by atoms with Crippen molar-refractivity contribution in [2.24, 2.45) is 5.92 Å². The van der Waals surface area contributed by atoms with Gasteiger partial charge in [0.15, 0.2) is 0 Å². The average molecular weight is 494 g/mol. The first-order chi connectivity index (χ1) is 17.4. The molecular weight excluding hydrogens is 458 g/mol. The van der Waals surface area contributed by atoms with Crippen molar-refractivity contribution < 1.29 is 29.1 Å². The molecule has 1 atom stereocenters. The standard InChI is InChI=1S/C28H35N3O5/c1-19(2)18-36-23-8-7-21(16-20(23)3)26(32)24-25(22-6-4-9-29-17-22)31(28(34)27(24)33)11-5-10-30-12-14-35-15-13-30/h4,6-9,16-17,19,25,32H,5,10-15,18H2,1-3H3/b26-24+. The molecule has 1 aromatic carbocycles. The molecule has 0 radical (unpaired) electrons. The number of morpholine rings is 1. The van der Waals surface area contributed by atoms with Crippen molar-refractivity contribution in [3.05, 3.63) is 65.0 Å². The summed E-state index contributed by atoms with van der Waals surface area (Å²) in [7, 11) is 0. The van der Waals surface area contributed by atoms with Crippen molar-refractivity contribution in [1.82, 2.24) is 9.88 Å². The molecule has 2 aromatic rings. The molecule has 2 saturated heterocycles. The second kappa shape index (κ2) is 11.7. The van der Waals surface area contributed by atoms with Crippen LogP contribution in [0.4, 0.5) is 0 Å². The van der Waals surface area contributed by atoms with Crippen LogP contribution in [0.3, 0.4) is 0 Å². The first-order valence-corrected chi connectivity index (χ1v) is 12.7. The molecule has 2 aliphatic rings. The van der Waals surface area contributed by atoms with Gasteiger partial charge in [0.1, 0.15) is 18.8 Å². The fourth-order valence-electron chi connectivity index (χ4n) is 4.76. The molecule has 3 heterocycles. The summed E-state index contributed by atoms with van der Waals surface area (Å²) in [5.41, 5.74) is 1.82. The van der Waals surface area contributed by atoms with Gasteiger partial charge in [-0.25, -0.2) is 0 Å². The molecule has 8 heteroatoms. The Bertz CT molecular complexity index is 1110. The van der Waals surface area contributed by atoms with Crippen LogP contribution in [-0.2, 0) is 14.3 Å². The number of ether oxygens (including phenoxy) is 2. The normalized spacial score (nSPS) is 20.3. The summed E-state index contributed by atoms with van der Waals surface area (Å²) in [6, 6.07) is 7.97. The highest BCUT2D eigenvalue weighted by atomic mass is 16.5. The molecule has 1 unspecified atom stereocenters. The summed E-state index contributed by atoms with van der Waals surface area (Å²) in [5, 5.41) is 13.7. The molecule has 0 saturated carbocycles. The number of nitrogens with zero attached hydrogens (tertiary/aromatic N) is 2. The zero-order valence-corrected chi connectivity index (χ0v) is 21.3. The van der Waals surface area contributed by atoms with Crippen LogP contribution in [0.15, 0.2) is 48.3 Å². The Morgan fingerprint density at radius 3 is 2.69 bits per heavy atom. The smallest absolute Gasteiger partial charge is 0.295 e. The fourth-order valence-corrected chi connectivity index (χ4v) is 4.76. The third-order valence-electron chi connectivity index (χ3n) is 6.67. The monoisotopic (exact) mass is 493 g/mol. The van der Waals surface area contributed by atoms with Gasteiger partial charge in [0.05, 0.1) is 32.4 Å². The Morgan fingerprint density at radius 1 is 1.25 bits per heavy atom. The van der Waals surface area contributed by atoms with Gasteiger partial charge in [-0.05, 0) is 47.7 Å². The molecule has 0 aliphatic carbocycles. The lowest BCUT2D eigenvalue weighted by atomic mass is 9.95. The average Bonchev–Trinajstić information content (AvgIpc) is 3.13. The number of hydrogen-bond acceptors (Lipinski definition) is 6. The van der Waals surface area contributed by atoms with Crippen LogP contribution in [-0.4, -0.2) is 67.6 Å². The molecule has 2 fully saturated rings. The van der Waals surface area contributed by atoms with Crippen molar-refractivity contribution in [3.63, 3.8) is 0 Å². The molecule has 1 aromatic heterocycles. The minimum absolute atomic E-state index is 0.0121. The quantitative estimate of drug-likeness (QED) is 0.318. The third-order valence-corrected chi connectivity index (χ3v) is 6.67. The van der Waals surface area contributed by atoms with Gasteiger partial charge >= 0.3 is 0 Å². The number of ketones is 1. The van der Waals surface area contributed by atoms with E-state index in [1.807, 2.05) is 13.0 Å². The van der Waals surface area contributed by atoms with E-state index in [1.54, 1.807) is 41.6 Å². The van der Waals surface area contributed by atoms with Crippen LogP contribution in [0.25, 0.3) is 5.76 Å². The van der Waals surface area contributed by atoms with Gasteiger partial charge < -0.3 is 24.4 Å². The molecule has 1 N–H and O–H groups in total. The molecule has 192 valence electrons. The van der Waals surface area contributed by atoms with Gasteiger partial charge in [-0.2, -0.15) is 0 Å². The Labute approximate surface area is 212 Å². The molecule has 8 nitrogen and oxygen atoms in total. The van der Waals surface area contributed by atoms with Crippen LogP contribution in [0.1, 0.15) is 43.0 Å². The molecule has 0 spiro atoms. The highest BCUT2D eigenvalue weighted by Gasteiger charge is 2.44. The number of benzene rings is 1. The van der Waals surface area contributed by atoms with E-state index in [9.17, 15) is 14.7 Å².